The van der Waals surface area contributed by atoms with Crippen LogP contribution in [-0.2, 0) is 18.2 Å². The van der Waals surface area contributed by atoms with E-state index in [1.165, 1.54) is 11.7 Å². The van der Waals surface area contributed by atoms with Crippen molar-refractivity contribution in [2.24, 2.45) is 12.5 Å². The van der Waals surface area contributed by atoms with Gasteiger partial charge in [-0.05, 0) is 11.8 Å². The zero-order chi connectivity index (χ0) is 15.2. The van der Waals surface area contributed by atoms with E-state index in [-0.39, 0.29) is 28.0 Å². The Balaban J connectivity index is 2.87. The fraction of sp³-hybridized carbons (Fsp3) is 0.500. The van der Waals surface area contributed by atoms with E-state index in [0.717, 1.165) is 0 Å². The molecule has 0 aliphatic heterocycles. The lowest BCUT2D eigenvalue weighted by Crippen LogP contribution is -2.37. The molecule has 0 saturated carbocycles. The van der Waals surface area contributed by atoms with Gasteiger partial charge < -0.3 is 15.0 Å². The molecule has 0 fully saturated rings. The number of hydrogen-bond donors (Lipinski definition) is 1. The van der Waals surface area contributed by atoms with E-state index >= 15 is 0 Å². The number of anilines is 1. The van der Waals surface area contributed by atoms with E-state index in [2.05, 4.69) is 4.74 Å². The van der Waals surface area contributed by atoms with Crippen LogP contribution in [0.4, 0.5) is 5.69 Å². The highest BCUT2D eigenvalue weighted by atomic mass is 16.5. The monoisotopic (exact) mass is 278 g/mol. The highest BCUT2D eigenvalue weighted by molar-refractivity contribution is 6.10. The van der Waals surface area contributed by atoms with Crippen molar-refractivity contribution in [3.8, 4) is 0 Å². The summed E-state index contributed by atoms with van der Waals surface area (Å²) in [5.41, 5.74) is 5.46. The standard InChI is InChI=1S/C14H18N2O4/c1-14(2)5-7-9(8(17)6-14)10(13(19)20-4)11(15)12(18)16(7)3/h5-6,15H2,1-4H3. The summed E-state index contributed by atoms with van der Waals surface area (Å²) >= 11 is 0. The van der Waals surface area contributed by atoms with Crippen LogP contribution in [0.5, 0.6) is 0 Å². The molecule has 1 aromatic heterocycles. The summed E-state index contributed by atoms with van der Waals surface area (Å²) < 4.78 is 6.02. The number of Topliss-reactive ketones (excluding diaryl/α,β-unsaturated/α-hetero) is 1. The van der Waals surface area contributed by atoms with Crippen LogP contribution in [0.1, 0.15) is 46.7 Å². The molecular weight excluding hydrogens is 260 g/mol. The molecule has 0 radical (unpaired) electrons. The van der Waals surface area contributed by atoms with E-state index in [9.17, 15) is 14.4 Å². The summed E-state index contributed by atoms with van der Waals surface area (Å²) in [4.78, 5) is 36.4. The predicted octanol–water partition coefficient (Wildman–Crippen LogP) is 0.909. The Morgan fingerprint density at radius 3 is 2.45 bits per heavy atom. The minimum atomic E-state index is -0.746. The van der Waals surface area contributed by atoms with Crippen LogP contribution in [0, 0.1) is 5.41 Å². The van der Waals surface area contributed by atoms with Crippen molar-refractivity contribution in [1.82, 2.24) is 4.57 Å². The number of ketones is 1. The summed E-state index contributed by atoms with van der Waals surface area (Å²) in [5.74, 6) is -0.927. The number of rotatable bonds is 1. The van der Waals surface area contributed by atoms with Gasteiger partial charge in [0.25, 0.3) is 5.56 Å². The average molecular weight is 278 g/mol. The second kappa shape index (κ2) is 4.47. The highest BCUT2D eigenvalue weighted by Crippen LogP contribution is 2.36. The molecule has 0 spiro atoms. The van der Waals surface area contributed by atoms with Gasteiger partial charge >= 0.3 is 5.97 Å². The Morgan fingerprint density at radius 1 is 1.30 bits per heavy atom. The van der Waals surface area contributed by atoms with E-state index < -0.39 is 11.5 Å². The molecule has 1 aliphatic carbocycles. The zero-order valence-corrected chi connectivity index (χ0v) is 12.1. The molecule has 2 rings (SSSR count). The Kier molecular flexibility index (Phi) is 3.20. The van der Waals surface area contributed by atoms with Gasteiger partial charge in [-0.2, -0.15) is 0 Å². The van der Waals surface area contributed by atoms with Crippen LogP contribution in [-0.4, -0.2) is 23.4 Å². The lowest BCUT2D eigenvalue weighted by Gasteiger charge is -2.32. The molecule has 20 heavy (non-hydrogen) atoms. The van der Waals surface area contributed by atoms with Crippen molar-refractivity contribution < 1.29 is 14.3 Å². The van der Waals surface area contributed by atoms with E-state index in [1.807, 2.05) is 13.8 Å². The Morgan fingerprint density at radius 2 is 1.90 bits per heavy atom. The normalized spacial score (nSPS) is 16.7. The smallest absolute Gasteiger partial charge is 0.340 e. The summed E-state index contributed by atoms with van der Waals surface area (Å²) in [7, 11) is 2.76. The van der Waals surface area contributed by atoms with Gasteiger partial charge in [0, 0.05) is 19.2 Å². The second-order valence-corrected chi connectivity index (χ2v) is 5.91. The maximum absolute atomic E-state index is 12.4. The van der Waals surface area contributed by atoms with E-state index in [4.69, 9.17) is 5.73 Å². The van der Waals surface area contributed by atoms with Crippen molar-refractivity contribution >= 4 is 17.4 Å². The number of carbonyl (C=O) groups excluding carboxylic acids is 2. The molecule has 0 bridgehead atoms. The van der Waals surface area contributed by atoms with Gasteiger partial charge in [-0.25, -0.2) is 4.79 Å². The maximum atomic E-state index is 12.4. The topological polar surface area (TPSA) is 91.4 Å². The third-order valence-corrected chi connectivity index (χ3v) is 3.70. The quantitative estimate of drug-likeness (QED) is 0.771. The molecule has 1 heterocycles. The van der Waals surface area contributed by atoms with Crippen LogP contribution in [0.25, 0.3) is 0 Å². The molecule has 2 N–H and O–H groups in total. The zero-order valence-electron chi connectivity index (χ0n) is 12.1. The lowest BCUT2D eigenvalue weighted by atomic mass is 9.74. The molecular formula is C14H18N2O4. The molecule has 1 aromatic rings. The van der Waals surface area contributed by atoms with Crippen LogP contribution in [0.15, 0.2) is 4.79 Å². The van der Waals surface area contributed by atoms with E-state index in [0.29, 0.717) is 18.5 Å². The Hall–Kier alpha value is -2.11. The Bertz CT molecular complexity index is 671. The SMILES string of the molecule is COC(=O)c1c2c(n(C)c(=O)c1N)CC(C)(C)CC2=O. The molecule has 6 heteroatoms. The molecule has 1 aliphatic rings. The summed E-state index contributed by atoms with van der Waals surface area (Å²) in [6.07, 6.45) is 0.839. The second-order valence-electron chi connectivity index (χ2n) is 5.91. The lowest BCUT2D eigenvalue weighted by molar-refractivity contribution is 0.0595. The van der Waals surface area contributed by atoms with Gasteiger partial charge in [0.15, 0.2) is 5.78 Å². The summed E-state index contributed by atoms with van der Waals surface area (Å²) in [5, 5.41) is 0. The van der Waals surface area contributed by atoms with Crippen LogP contribution in [0.3, 0.4) is 0 Å². The first-order valence-electron chi connectivity index (χ1n) is 6.32. The van der Waals surface area contributed by atoms with Crippen molar-refractivity contribution in [1.29, 1.82) is 0 Å². The van der Waals surface area contributed by atoms with Crippen molar-refractivity contribution in [3.05, 3.63) is 27.2 Å². The number of esters is 1. The number of pyridine rings is 1. The van der Waals surface area contributed by atoms with Crippen LogP contribution >= 0.6 is 0 Å². The van der Waals surface area contributed by atoms with Gasteiger partial charge in [0.2, 0.25) is 0 Å². The Labute approximate surface area is 116 Å². The first-order chi connectivity index (χ1) is 9.19. The number of hydrogen-bond acceptors (Lipinski definition) is 5. The summed E-state index contributed by atoms with van der Waals surface area (Å²) in [6, 6.07) is 0. The number of methoxy groups -OCH3 is 1. The van der Waals surface area contributed by atoms with Gasteiger partial charge in [-0.1, -0.05) is 13.8 Å². The highest BCUT2D eigenvalue weighted by Gasteiger charge is 2.37. The molecule has 0 saturated heterocycles. The fourth-order valence-electron chi connectivity index (χ4n) is 2.72. The number of nitrogens with two attached hydrogens (primary N) is 1. The van der Waals surface area contributed by atoms with Gasteiger partial charge in [0.1, 0.15) is 11.3 Å². The van der Waals surface area contributed by atoms with Crippen molar-refractivity contribution in [2.45, 2.75) is 26.7 Å². The minimum absolute atomic E-state index is 0.0916. The minimum Gasteiger partial charge on any atom is -0.465 e. The molecule has 108 valence electrons. The molecule has 0 amide bonds. The third kappa shape index (κ3) is 2.01. The van der Waals surface area contributed by atoms with Crippen molar-refractivity contribution in [2.75, 3.05) is 12.8 Å². The van der Waals surface area contributed by atoms with E-state index in [1.54, 1.807) is 7.05 Å². The van der Waals surface area contributed by atoms with Crippen LogP contribution < -0.4 is 11.3 Å². The number of nitrogen functional groups attached to an aromatic ring is 1. The van der Waals surface area contributed by atoms with Crippen LogP contribution in [0.2, 0.25) is 0 Å². The largest absolute Gasteiger partial charge is 0.465 e. The van der Waals surface area contributed by atoms with Gasteiger partial charge in [-0.15, -0.1) is 0 Å². The number of nitrogens with zero attached hydrogens (tertiary/aromatic N) is 1. The number of fused-ring (bicyclic) bond motifs is 1. The first-order valence-corrected chi connectivity index (χ1v) is 6.32. The molecule has 6 nitrogen and oxygen atoms in total. The third-order valence-electron chi connectivity index (χ3n) is 3.70. The molecule has 0 unspecified atom stereocenters. The molecule has 0 aromatic carbocycles. The van der Waals surface area contributed by atoms with Gasteiger partial charge in [0.05, 0.1) is 12.7 Å². The van der Waals surface area contributed by atoms with Crippen molar-refractivity contribution in [3.63, 3.8) is 0 Å². The first kappa shape index (κ1) is 14.3. The molecule has 0 atom stereocenters. The predicted molar refractivity (Wildman–Crippen MR) is 73.9 cm³/mol. The maximum Gasteiger partial charge on any atom is 0.340 e. The number of aromatic nitrogens is 1. The number of ether oxygens (including phenoxy) is 1. The fourth-order valence-corrected chi connectivity index (χ4v) is 2.72. The number of carbonyl (C=O) groups is 2. The average Bonchev–Trinajstić information content (AvgIpc) is 2.36. The summed E-state index contributed by atoms with van der Waals surface area (Å²) in [6.45, 7) is 3.90. The van der Waals surface area contributed by atoms with Gasteiger partial charge in [-0.3, -0.25) is 9.59 Å².